The molecule has 0 bridgehead atoms. The Morgan fingerprint density at radius 1 is 1.03 bits per heavy atom. The Labute approximate surface area is 191 Å². The van der Waals surface area contributed by atoms with Crippen LogP contribution in [0.15, 0.2) is 47.8 Å². The number of urea groups is 1. The van der Waals surface area contributed by atoms with Gasteiger partial charge in [-0.05, 0) is 37.6 Å². The Bertz CT molecular complexity index is 1090. The average molecular weight is 453 g/mol. The predicted octanol–water partition coefficient (Wildman–Crippen LogP) is 4.12. The molecule has 0 unspecified atom stereocenters. The molecule has 5 rings (SSSR count). The van der Waals surface area contributed by atoms with Crippen LogP contribution in [0.4, 0.5) is 16.2 Å². The zero-order chi connectivity index (χ0) is 21.9. The Morgan fingerprint density at radius 2 is 1.88 bits per heavy atom. The fourth-order valence-corrected chi connectivity index (χ4v) is 5.45. The molecule has 2 amide bonds. The van der Waals surface area contributed by atoms with Crippen molar-refractivity contribution in [3.63, 3.8) is 0 Å². The Kier molecular flexibility index (Phi) is 6.05. The smallest absolute Gasteiger partial charge is 0.319 e. The monoisotopic (exact) mass is 452 g/mol. The van der Waals surface area contributed by atoms with Gasteiger partial charge in [0.05, 0.1) is 11.4 Å². The molecule has 7 nitrogen and oxygen atoms in total. The molecule has 1 saturated heterocycles. The van der Waals surface area contributed by atoms with Crippen LogP contribution in [0, 0.1) is 0 Å². The van der Waals surface area contributed by atoms with Gasteiger partial charge in [-0.2, -0.15) is 0 Å². The molecule has 8 heteroatoms. The standard InChI is InChI=1S/C24H28N4O3S/c25-24(29)28(20-16-32-22-9-2-1-6-18(20)22)11-4-3-10-26-12-14-27(15-13-26)19-7-5-8-21-23(19)31-17-30-21/h1-2,5-9,16H,3-4,10-15,17H2,(H2,25,29). The number of rotatable bonds is 7. The van der Waals surface area contributed by atoms with Crippen molar-refractivity contribution >= 4 is 38.8 Å². The van der Waals surface area contributed by atoms with E-state index in [2.05, 4.69) is 28.0 Å². The average Bonchev–Trinajstić information content (AvgIpc) is 3.46. The van der Waals surface area contributed by atoms with Crippen molar-refractivity contribution in [2.24, 2.45) is 5.73 Å². The highest BCUT2D eigenvalue weighted by atomic mass is 32.1. The number of primary amides is 1. The lowest BCUT2D eigenvalue weighted by atomic mass is 10.2. The number of hydrogen-bond acceptors (Lipinski definition) is 6. The van der Waals surface area contributed by atoms with E-state index in [9.17, 15) is 4.79 Å². The molecular weight excluding hydrogens is 424 g/mol. The van der Waals surface area contributed by atoms with Crippen LogP contribution in [0.1, 0.15) is 12.8 Å². The lowest BCUT2D eigenvalue weighted by molar-refractivity contribution is 0.174. The maximum absolute atomic E-state index is 12.1. The summed E-state index contributed by atoms with van der Waals surface area (Å²) in [5.41, 5.74) is 7.76. The maximum atomic E-state index is 12.1. The van der Waals surface area contributed by atoms with Crippen LogP contribution in [0.5, 0.6) is 11.5 Å². The van der Waals surface area contributed by atoms with Crippen LogP contribution in [0.3, 0.4) is 0 Å². The first-order valence-corrected chi connectivity index (χ1v) is 12.0. The fourth-order valence-electron chi connectivity index (χ4n) is 4.50. The number of unbranched alkanes of at least 4 members (excludes halogenated alkanes) is 1. The van der Waals surface area contributed by atoms with E-state index in [1.807, 2.05) is 29.6 Å². The largest absolute Gasteiger partial charge is 0.454 e. The maximum Gasteiger partial charge on any atom is 0.319 e. The molecule has 3 aromatic rings. The summed E-state index contributed by atoms with van der Waals surface area (Å²) in [6.45, 7) is 5.93. The van der Waals surface area contributed by atoms with Crippen LogP contribution in [0.25, 0.3) is 10.1 Å². The molecule has 0 atom stereocenters. The summed E-state index contributed by atoms with van der Waals surface area (Å²) in [5.74, 6) is 1.70. The predicted molar refractivity (Wildman–Crippen MR) is 129 cm³/mol. The third-order valence-electron chi connectivity index (χ3n) is 6.21. The van der Waals surface area contributed by atoms with E-state index in [4.69, 9.17) is 15.2 Å². The zero-order valence-corrected chi connectivity index (χ0v) is 18.9. The Morgan fingerprint density at radius 3 is 2.72 bits per heavy atom. The van der Waals surface area contributed by atoms with Gasteiger partial charge in [0, 0.05) is 48.2 Å². The number of thiophene rings is 1. The van der Waals surface area contributed by atoms with Gasteiger partial charge in [0.15, 0.2) is 11.5 Å². The molecule has 1 aromatic heterocycles. The highest BCUT2D eigenvalue weighted by Gasteiger charge is 2.24. The molecule has 0 spiro atoms. The third-order valence-corrected chi connectivity index (χ3v) is 7.16. The molecule has 2 aliphatic heterocycles. The van der Waals surface area contributed by atoms with Crippen LogP contribution < -0.4 is 25.0 Å². The van der Waals surface area contributed by atoms with Crippen LogP contribution in [-0.4, -0.2) is 57.0 Å². The first-order valence-electron chi connectivity index (χ1n) is 11.1. The second-order valence-electron chi connectivity index (χ2n) is 8.15. The SMILES string of the molecule is NC(=O)N(CCCCN1CCN(c2cccc3c2OCO3)CC1)c1csc2ccccc12. The topological polar surface area (TPSA) is 71.3 Å². The van der Waals surface area contributed by atoms with E-state index in [0.717, 1.165) is 73.8 Å². The quantitative estimate of drug-likeness (QED) is 0.546. The molecule has 0 radical (unpaired) electrons. The van der Waals surface area contributed by atoms with Crippen molar-refractivity contribution in [1.82, 2.24) is 4.90 Å². The van der Waals surface area contributed by atoms with Gasteiger partial charge in [0.1, 0.15) is 0 Å². The normalized spacial score (nSPS) is 15.9. The van der Waals surface area contributed by atoms with Gasteiger partial charge in [0.25, 0.3) is 0 Å². The number of carbonyl (C=O) groups excluding carboxylic acids is 1. The summed E-state index contributed by atoms with van der Waals surface area (Å²) in [5, 5.41) is 3.12. The second-order valence-corrected chi connectivity index (χ2v) is 9.06. The number of fused-ring (bicyclic) bond motifs is 2. The van der Waals surface area contributed by atoms with E-state index in [1.54, 1.807) is 16.2 Å². The number of piperazine rings is 1. The minimum absolute atomic E-state index is 0.301. The summed E-state index contributed by atoms with van der Waals surface area (Å²) in [6.07, 6.45) is 1.95. The molecule has 2 aromatic carbocycles. The van der Waals surface area contributed by atoms with E-state index in [-0.39, 0.29) is 6.03 Å². The first kappa shape index (κ1) is 20.9. The molecule has 0 saturated carbocycles. The molecule has 2 aliphatic rings. The van der Waals surface area contributed by atoms with E-state index < -0.39 is 0 Å². The zero-order valence-electron chi connectivity index (χ0n) is 18.0. The summed E-state index contributed by atoms with van der Waals surface area (Å²) >= 11 is 1.65. The molecule has 3 heterocycles. The number of benzene rings is 2. The minimum Gasteiger partial charge on any atom is -0.454 e. The molecular formula is C24H28N4O3S. The summed E-state index contributed by atoms with van der Waals surface area (Å²) in [4.78, 5) is 18.7. The van der Waals surface area contributed by atoms with Crippen molar-refractivity contribution in [3.8, 4) is 11.5 Å². The van der Waals surface area contributed by atoms with E-state index in [1.165, 1.54) is 4.70 Å². The Balaban J connectivity index is 1.11. The number of amides is 2. The number of carbonyl (C=O) groups is 1. The molecule has 32 heavy (non-hydrogen) atoms. The van der Waals surface area contributed by atoms with Gasteiger partial charge in [-0.15, -0.1) is 11.3 Å². The molecule has 1 fully saturated rings. The summed E-state index contributed by atoms with van der Waals surface area (Å²) < 4.78 is 12.4. The van der Waals surface area contributed by atoms with E-state index >= 15 is 0 Å². The number of nitrogens with zero attached hydrogens (tertiary/aromatic N) is 3. The third kappa shape index (κ3) is 4.20. The lowest BCUT2D eigenvalue weighted by Gasteiger charge is -2.36. The molecule has 0 aliphatic carbocycles. The number of hydrogen-bond donors (Lipinski definition) is 1. The number of ether oxygens (including phenoxy) is 2. The highest BCUT2D eigenvalue weighted by Crippen LogP contribution is 2.41. The molecule has 168 valence electrons. The first-order chi connectivity index (χ1) is 15.7. The fraction of sp³-hybridized carbons (Fsp3) is 0.375. The van der Waals surface area contributed by atoms with Gasteiger partial charge in [-0.1, -0.05) is 24.3 Å². The minimum atomic E-state index is -0.385. The lowest BCUT2D eigenvalue weighted by Crippen LogP contribution is -2.46. The van der Waals surface area contributed by atoms with Gasteiger partial charge < -0.3 is 20.1 Å². The summed E-state index contributed by atoms with van der Waals surface area (Å²) in [6, 6.07) is 13.8. The van der Waals surface area contributed by atoms with Crippen molar-refractivity contribution in [2.75, 3.05) is 55.9 Å². The van der Waals surface area contributed by atoms with Gasteiger partial charge >= 0.3 is 6.03 Å². The van der Waals surface area contributed by atoms with Crippen LogP contribution in [0.2, 0.25) is 0 Å². The van der Waals surface area contributed by atoms with Gasteiger partial charge in [-0.3, -0.25) is 9.80 Å². The van der Waals surface area contributed by atoms with Gasteiger partial charge in [-0.25, -0.2) is 4.79 Å². The van der Waals surface area contributed by atoms with Crippen LogP contribution >= 0.6 is 11.3 Å². The van der Waals surface area contributed by atoms with E-state index in [0.29, 0.717) is 13.3 Å². The summed E-state index contributed by atoms with van der Waals surface area (Å²) in [7, 11) is 0. The Hall–Kier alpha value is -2.97. The van der Waals surface area contributed by atoms with Crippen molar-refractivity contribution in [2.45, 2.75) is 12.8 Å². The number of nitrogens with two attached hydrogens (primary N) is 1. The van der Waals surface area contributed by atoms with Gasteiger partial charge in [0.2, 0.25) is 6.79 Å². The van der Waals surface area contributed by atoms with Crippen molar-refractivity contribution in [1.29, 1.82) is 0 Å². The van der Waals surface area contributed by atoms with Crippen molar-refractivity contribution < 1.29 is 14.3 Å². The second kappa shape index (κ2) is 9.26. The van der Waals surface area contributed by atoms with Crippen LogP contribution in [-0.2, 0) is 0 Å². The molecule has 2 N–H and O–H groups in total. The number of para-hydroxylation sites is 1. The van der Waals surface area contributed by atoms with Crippen molar-refractivity contribution in [3.05, 3.63) is 47.8 Å². The highest BCUT2D eigenvalue weighted by molar-refractivity contribution is 7.17. The number of anilines is 2.